The minimum Gasteiger partial charge on any atom is -0.496 e. The minimum absolute atomic E-state index is 0.00579. The Balaban J connectivity index is 1.69. The molecule has 1 aromatic heterocycles. The van der Waals surface area contributed by atoms with Crippen LogP contribution >= 0.6 is 0 Å². The molecule has 9 nitrogen and oxygen atoms in total. The van der Waals surface area contributed by atoms with E-state index in [0.717, 1.165) is 0 Å². The quantitative estimate of drug-likeness (QED) is 0.450. The topological polar surface area (TPSA) is 113 Å². The van der Waals surface area contributed by atoms with Crippen LogP contribution in [0.1, 0.15) is 16.3 Å². The molecular formula is C20H18N2O7. The van der Waals surface area contributed by atoms with Crippen molar-refractivity contribution in [3.63, 3.8) is 0 Å². The van der Waals surface area contributed by atoms with Crippen molar-refractivity contribution >= 4 is 17.3 Å². The number of ether oxygens (including phenoxy) is 3. The highest BCUT2D eigenvalue weighted by Crippen LogP contribution is 2.30. The minimum atomic E-state index is -0.623. The van der Waals surface area contributed by atoms with Crippen molar-refractivity contribution in [3.8, 4) is 17.2 Å². The molecule has 1 N–H and O–H groups in total. The molecule has 0 atom stereocenters. The summed E-state index contributed by atoms with van der Waals surface area (Å²) in [4.78, 5) is 23.0. The molecule has 9 heteroatoms. The summed E-state index contributed by atoms with van der Waals surface area (Å²) >= 11 is 0. The Kier molecular flexibility index (Phi) is 5.98. The molecule has 2 aromatic carbocycles. The number of hydrogen-bond donors (Lipinski definition) is 1. The average Bonchev–Trinajstić information content (AvgIpc) is 3.21. The molecule has 150 valence electrons. The van der Waals surface area contributed by atoms with Gasteiger partial charge in [-0.25, -0.2) is 0 Å². The molecule has 0 saturated heterocycles. The van der Waals surface area contributed by atoms with E-state index < -0.39 is 10.8 Å². The predicted octanol–water partition coefficient (Wildman–Crippen LogP) is 4.04. The summed E-state index contributed by atoms with van der Waals surface area (Å²) in [6.07, 6.45) is 0. The third kappa shape index (κ3) is 4.64. The van der Waals surface area contributed by atoms with Crippen LogP contribution in [0.5, 0.6) is 17.2 Å². The number of methoxy groups -OCH3 is 2. The summed E-state index contributed by atoms with van der Waals surface area (Å²) in [7, 11) is 2.94. The van der Waals surface area contributed by atoms with Crippen molar-refractivity contribution in [1.82, 2.24) is 0 Å². The van der Waals surface area contributed by atoms with Gasteiger partial charge in [-0.15, -0.1) is 0 Å². The molecule has 0 fully saturated rings. The monoisotopic (exact) mass is 398 g/mol. The van der Waals surface area contributed by atoms with Gasteiger partial charge in [0.1, 0.15) is 23.8 Å². The Morgan fingerprint density at radius 3 is 2.52 bits per heavy atom. The van der Waals surface area contributed by atoms with Crippen molar-refractivity contribution in [1.29, 1.82) is 0 Å². The lowest BCUT2D eigenvalue weighted by Gasteiger charge is -2.09. The summed E-state index contributed by atoms with van der Waals surface area (Å²) in [5, 5.41) is 13.7. The number of nitro groups is 1. The lowest BCUT2D eigenvalue weighted by atomic mass is 10.2. The first-order valence-electron chi connectivity index (χ1n) is 8.50. The van der Waals surface area contributed by atoms with Gasteiger partial charge in [-0.1, -0.05) is 12.1 Å². The standard InChI is InChI=1S/C20H18N2O7/c1-26-13-7-9-15(16(11-13)22(24)25)21-20(23)19-10-8-14(29-19)12-28-18-6-4-3-5-17(18)27-2/h3-11H,12H2,1-2H3,(H,21,23). The first-order valence-corrected chi connectivity index (χ1v) is 8.50. The first-order chi connectivity index (χ1) is 14.0. The second kappa shape index (κ2) is 8.79. The fourth-order valence-electron chi connectivity index (χ4n) is 2.54. The normalized spacial score (nSPS) is 10.3. The molecule has 1 heterocycles. The number of nitro benzene ring substituents is 1. The van der Waals surface area contributed by atoms with Crippen molar-refractivity contribution in [2.45, 2.75) is 6.61 Å². The van der Waals surface area contributed by atoms with Gasteiger partial charge >= 0.3 is 0 Å². The molecule has 3 aromatic rings. The maximum absolute atomic E-state index is 12.4. The van der Waals surface area contributed by atoms with Gasteiger partial charge in [-0.05, 0) is 36.4 Å². The Labute approximate surface area is 166 Å². The Hall–Kier alpha value is -4.01. The molecule has 0 bridgehead atoms. The van der Waals surface area contributed by atoms with E-state index in [1.165, 1.54) is 38.5 Å². The fourth-order valence-corrected chi connectivity index (χ4v) is 2.54. The number of nitrogens with zero attached hydrogens (tertiary/aromatic N) is 1. The molecule has 0 aliphatic rings. The second-order valence-electron chi connectivity index (χ2n) is 5.80. The third-order valence-corrected chi connectivity index (χ3v) is 3.97. The maximum Gasteiger partial charge on any atom is 0.296 e. The van der Waals surface area contributed by atoms with E-state index in [9.17, 15) is 14.9 Å². The number of rotatable bonds is 8. The molecular weight excluding hydrogens is 380 g/mol. The number of hydrogen-bond acceptors (Lipinski definition) is 7. The van der Waals surface area contributed by atoms with Gasteiger partial charge in [0.2, 0.25) is 0 Å². The number of carbonyl (C=O) groups excluding carboxylic acids is 1. The summed E-state index contributed by atoms with van der Waals surface area (Å²) < 4.78 is 21.3. The second-order valence-corrected chi connectivity index (χ2v) is 5.80. The van der Waals surface area contributed by atoms with Crippen LogP contribution in [0.4, 0.5) is 11.4 Å². The number of benzene rings is 2. The molecule has 29 heavy (non-hydrogen) atoms. The van der Waals surface area contributed by atoms with Crippen molar-refractivity contribution in [3.05, 3.63) is 76.2 Å². The highest BCUT2D eigenvalue weighted by atomic mass is 16.6. The molecule has 0 radical (unpaired) electrons. The van der Waals surface area contributed by atoms with Crippen LogP contribution in [0.25, 0.3) is 0 Å². The Morgan fingerprint density at radius 1 is 1.07 bits per heavy atom. The zero-order valence-corrected chi connectivity index (χ0v) is 15.7. The lowest BCUT2D eigenvalue weighted by molar-refractivity contribution is -0.384. The zero-order chi connectivity index (χ0) is 20.8. The van der Waals surface area contributed by atoms with E-state index in [1.807, 2.05) is 6.07 Å². The van der Waals surface area contributed by atoms with Gasteiger partial charge < -0.3 is 23.9 Å². The number of anilines is 1. The van der Waals surface area contributed by atoms with Gasteiger partial charge in [-0.2, -0.15) is 0 Å². The van der Waals surface area contributed by atoms with Crippen LogP contribution < -0.4 is 19.5 Å². The molecule has 1 amide bonds. The van der Waals surface area contributed by atoms with Gasteiger partial charge in [0.25, 0.3) is 11.6 Å². The van der Waals surface area contributed by atoms with Gasteiger partial charge in [0, 0.05) is 0 Å². The van der Waals surface area contributed by atoms with Crippen molar-refractivity contribution < 1.29 is 28.3 Å². The molecule has 0 aliphatic heterocycles. The average molecular weight is 398 g/mol. The van der Waals surface area contributed by atoms with Crippen LogP contribution in [0.15, 0.2) is 59.0 Å². The maximum atomic E-state index is 12.4. The van der Waals surface area contributed by atoms with Crippen LogP contribution in [-0.4, -0.2) is 25.1 Å². The van der Waals surface area contributed by atoms with Gasteiger partial charge in [0.15, 0.2) is 17.3 Å². The number of carbonyl (C=O) groups is 1. The fraction of sp³-hybridized carbons (Fsp3) is 0.150. The van der Waals surface area contributed by atoms with Crippen LogP contribution in [0.2, 0.25) is 0 Å². The van der Waals surface area contributed by atoms with Crippen molar-refractivity contribution in [2.75, 3.05) is 19.5 Å². The van der Waals surface area contributed by atoms with Crippen molar-refractivity contribution in [2.24, 2.45) is 0 Å². The predicted molar refractivity (Wildman–Crippen MR) is 104 cm³/mol. The summed E-state index contributed by atoms with van der Waals surface area (Å²) in [5.74, 6) is 1.19. The summed E-state index contributed by atoms with van der Waals surface area (Å²) in [6, 6.07) is 14.3. The number of amides is 1. The van der Waals surface area contributed by atoms with Crippen LogP contribution in [0.3, 0.4) is 0 Å². The van der Waals surface area contributed by atoms with Gasteiger partial charge in [0.05, 0.1) is 25.2 Å². The SMILES string of the molecule is COc1ccc(NC(=O)c2ccc(COc3ccccc3OC)o2)c([N+](=O)[O-])c1. The highest BCUT2D eigenvalue weighted by Gasteiger charge is 2.20. The molecule has 0 spiro atoms. The summed E-state index contributed by atoms with van der Waals surface area (Å²) in [6.45, 7) is 0.0797. The number of para-hydroxylation sites is 2. The van der Waals surface area contributed by atoms with E-state index in [-0.39, 0.29) is 23.7 Å². The molecule has 0 saturated carbocycles. The molecule has 3 rings (SSSR count). The van der Waals surface area contributed by atoms with Gasteiger partial charge in [-0.3, -0.25) is 14.9 Å². The van der Waals surface area contributed by atoms with E-state index in [2.05, 4.69) is 5.32 Å². The lowest BCUT2D eigenvalue weighted by Crippen LogP contribution is -2.12. The van der Waals surface area contributed by atoms with E-state index in [4.69, 9.17) is 18.6 Å². The molecule has 0 unspecified atom stereocenters. The van der Waals surface area contributed by atoms with E-state index in [1.54, 1.807) is 24.3 Å². The Bertz CT molecular complexity index is 1030. The van der Waals surface area contributed by atoms with Crippen LogP contribution in [0, 0.1) is 10.1 Å². The number of furan rings is 1. The summed E-state index contributed by atoms with van der Waals surface area (Å²) in [5.41, 5.74) is -0.256. The largest absolute Gasteiger partial charge is 0.496 e. The smallest absolute Gasteiger partial charge is 0.296 e. The first kappa shape index (κ1) is 19.7. The van der Waals surface area contributed by atoms with E-state index >= 15 is 0 Å². The molecule has 0 aliphatic carbocycles. The van der Waals surface area contributed by atoms with E-state index in [0.29, 0.717) is 23.0 Å². The highest BCUT2D eigenvalue weighted by molar-refractivity contribution is 6.03. The van der Waals surface area contributed by atoms with Crippen LogP contribution in [-0.2, 0) is 6.61 Å². The third-order valence-electron chi connectivity index (χ3n) is 3.97. The zero-order valence-electron chi connectivity index (χ0n) is 15.7. The Morgan fingerprint density at radius 2 is 1.83 bits per heavy atom. The number of nitrogens with one attached hydrogen (secondary N) is 1.